The highest BCUT2D eigenvalue weighted by molar-refractivity contribution is 9.10. The second-order valence-electron chi connectivity index (χ2n) is 6.69. The molecule has 1 heterocycles. The number of aromatic amines is 1. The smallest absolute Gasteiger partial charge is 0.302 e. The van der Waals surface area contributed by atoms with E-state index in [0.29, 0.717) is 21.7 Å². The lowest BCUT2D eigenvalue weighted by molar-refractivity contribution is -0.120. The van der Waals surface area contributed by atoms with Crippen LogP contribution in [0.1, 0.15) is 30.9 Å². The summed E-state index contributed by atoms with van der Waals surface area (Å²) in [5, 5.41) is 18.9. The Balaban J connectivity index is 1.76. The molecule has 0 radical (unpaired) electrons. The zero-order valence-corrected chi connectivity index (χ0v) is 17.9. The molecule has 28 heavy (non-hydrogen) atoms. The Morgan fingerprint density at radius 1 is 1.32 bits per heavy atom. The maximum atomic E-state index is 12.1. The van der Waals surface area contributed by atoms with E-state index in [1.165, 1.54) is 0 Å². The van der Waals surface area contributed by atoms with Crippen molar-refractivity contribution < 1.29 is 14.6 Å². The maximum absolute atomic E-state index is 12.1. The Morgan fingerprint density at radius 2 is 2.07 bits per heavy atom. The average molecular weight is 465 g/mol. The third-order valence-corrected chi connectivity index (χ3v) is 5.14. The number of nitrogens with one attached hydrogen (secondary N) is 1. The van der Waals surface area contributed by atoms with Crippen LogP contribution in [0.2, 0.25) is 5.02 Å². The van der Waals surface area contributed by atoms with Gasteiger partial charge >= 0.3 is 5.91 Å². The number of carbonyl (C=O) groups excluding carboxylic acids is 1. The third-order valence-electron chi connectivity index (χ3n) is 4.24. The van der Waals surface area contributed by atoms with Crippen molar-refractivity contribution in [3.8, 4) is 11.6 Å². The van der Waals surface area contributed by atoms with Crippen molar-refractivity contribution in [3.63, 3.8) is 0 Å². The Morgan fingerprint density at radius 3 is 2.79 bits per heavy atom. The predicted octanol–water partition coefficient (Wildman–Crippen LogP) is 6.41. The number of fused-ring (bicyclic) bond motifs is 1. The summed E-state index contributed by atoms with van der Waals surface area (Å²) in [4.78, 5) is 14.9. The predicted molar refractivity (Wildman–Crippen MR) is 113 cm³/mol. The number of benzene rings is 2. The van der Waals surface area contributed by atoms with Gasteiger partial charge in [0.05, 0.1) is 5.52 Å². The first-order chi connectivity index (χ1) is 13.3. The lowest BCUT2D eigenvalue weighted by Gasteiger charge is -2.15. The number of halogens is 2. The summed E-state index contributed by atoms with van der Waals surface area (Å²) in [5.41, 5.74) is 2.68. The zero-order chi connectivity index (χ0) is 20.4. The molecular weight excluding hydrogens is 446 g/mol. The molecule has 0 unspecified atom stereocenters. The molecule has 0 aliphatic rings. The normalized spacial score (nSPS) is 11.6. The highest BCUT2D eigenvalue weighted by Crippen LogP contribution is 2.37. The summed E-state index contributed by atoms with van der Waals surface area (Å²) < 4.78 is 6.49. The molecule has 8 heteroatoms. The molecule has 0 saturated carbocycles. The number of azo groups is 1. The average Bonchev–Trinajstić information content (AvgIpc) is 2.94. The number of aromatic hydroxyl groups is 1. The van der Waals surface area contributed by atoms with Gasteiger partial charge in [-0.3, -0.25) is 4.79 Å². The van der Waals surface area contributed by atoms with Crippen LogP contribution in [0.25, 0.3) is 10.9 Å². The van der Waals surface area contributed by atoms with E-state index in [0.717, 1.165) is 15.6 Å². The van der Waals surface area contributed by atoms with Crippen molar-refractivity contribution in [2.24, 2.45) is 10.2 Å². The van der Waals surface area contributed by atoms with E-state index in [2.05, 4.69) is 31.1 Å². The Kier molecular flexibility index (Phi) is 6.05. The van der Waals surface area contributed by atoms with Crippen molar-refractivity contribution in [1.82, 2.24) is 4.98 Å². The van der Waals surface area contributed by atoms with Crippen LogP contribution in [0, 0.1) is 6.92 Å². The summed E-state index contributed by atoms with van der Waals surface area (Å²) >= 11 is 9.56. The van der Waals surface area contributed by atoms with Crippen LogP contribution in [0.15, 0.2) is 45.0 Å². The SMILES string of the molecule is Cc1cc(OCC(=O)N=Nc2c(O)[nH]c3ccc(Br)cc23)c(C(C)C)cc1Cl. The molecule has 0 fully saturated rings. The van der Waals surface area contributed by atoms with E-state index in [1.54, 1.807) is 12.1 Å². The van der Waals surface area contributed by atoms with Gasteiger partial charge in [-0.2, -0.15) is 0 Å². The van der Waals surface area contributed by atoms with E-state index >= 15 is 0 Å². The van der Waals surface area contributed by atoms with Crippen LogP contribution >= 0.6 is 27.5 Å². The lowest BCUT2D eigenvalue weighted by Crippen LogP contribution is -2.10. The van der Waals surface area contributed by atoms with E-state index in [1.807, 2.05) is 39.0 Å². The number of carbonyl (C=O) groups is 1. The van der Waals surface area contributed by atoms with Crippen molar-refractivity contribution in [2.75, 3.05) is 6.61 Å². The van der Waals surface area contributed by atoms with Crippen LogP contribution in [0.4, 0.5) is 5.69 Å². The second kappa shape index (κ2) is 8.32. The number of hydrogen-bond acceptors (Lipinski definition) is 4. The van der Waals surface area contributed by atoms with Gasteiger partial charge in [0.1, 0.15) is 5.75 Å². The van der Waals surface area contributed by atoms with Gasteiger partial charge in [-0.25, -0.2) is 0 Å². The lowest BCUT2D eigenvalue weighted by atomic mass is 10.0. The van der Waals surface area contributed by atoms with Crippen LogP contribution in [-0.4, -0.2) is 22.6 Å². The molecule has 6 nitrogen and oxygen atoms in total. The van der Waals surface area contributed by atoms with Gasteiger partial charge in [-0.15, -0.1) is 10.2 Å². The fourth-order valence-corrected chi connectivity index (χ4v) is 3.29. The standard InChI is InChI=1S/C20H19BrClN3O3/c1-10(2)13-8-15(22)11(3)6-17(13)28-9-18(26)24-25-19-14-7-12(21)4-5-16(14)23-20(19)27/h4-8,10,23,27H,9H2,1-3H3. The Bertz CT molecular complexity index is 1080. The number of H-pyrrole nitrogens is 1. The molecule has 0 aliphatic carbocycles. The molecule has 3 rings (SSSR count). The summed E-state index contributed by atoms with van der Waals surface area (Å²) in [6.07, 6.45) is 0. The number of rotatable bonds is 5. The van der Waals surface area contributed by atoms with Crippen LogP contribution in [-0.2, 0) is 4.79 Å². The minimum absolute atomic E-state index is 0.152. The molecule has 146 valence electrons. The number of hydrogen-bond donors (Lipinski definition) is 2. The van der Waals surface area contributed by atoms with E-state index < -0.39 is 5.91 Å². The minimum Gasteiger partial charge on any atom is -0.493 e. The quantitative estimate of drug-likeness (QED) is 0.428. The van der Waals surface area contributed by atoms with E-state index in [-0.39, 0.29) is 24.1 Å². The van der Waals surface area contributed by atoms with Crippen molar-refractivity contribution in [3.05, 3.63) is 51.0 Å². The van der Waals surface area contributed by atoms with Gasteiger partial charge in [0.2, 0.25) is 5.88 Å². The third kappa shape index (κ3) is 4.36. The largest absolute Gasteiger partial charge is 0.493 e. The van der Waals surface area contributed by atoms with Gasteiger partial charge in [-0.05, 0) is 54.3 Å². The molecule has 0 bridgehead atoms. The van der Waals surface area contributed by atoms with Crippen LogP contribution < -0.4 is 4.74 Å². The molecule has 0 aliphatic heterocycles. The van der Waals surface area contributed by atoms with Crippen molar-refractivity contribution in [1.29, 1.82) is 0 Å². The fourth-order valence-electron chi connectivity index (χ4n) is 2.76. The molecule has 0 atom stereocenters. The van der Waals surface area contributed by atoms with Crippen LogP contribution in [0.3, 0.4) is 0 Å². The fraction of sp³-hybridized carbons (Fsp3) is 0.250. The maximum Gasteiger partial charge on any atom is 0.302 e. The van der Waals surface area contributed by atoms with E-state index in [4.69, 9.17) is 16.3 Å². The topological polar surface area (TPSA) is 87.0 Å². The zero-order valence-electron chi connectivity index (χ0n) is 15.6. The van der Waals surface area contributed by atoms with Gasteiger partial charge < -0.3 is 14.8 Å². The molecule has 2 N–H and O–H groups in total. The molecule has 0 spiro atoms. The van der Waals surface area contributed by atoms with Gasteiger partial charge in [0.25, 0.3) is 0 Å². The number of aromatic nitrogens is 1. The summed E-state index contributed by atoms with van der Waals surface area (Å²) in [5.74, 6) is 0.0674. The number of nitrogens with zero attached hydrogens (tertiary/aromatic N) is 2. The first kappa shape index (κ1) is 20.4. The molecule has 1 amide bonds. The summed E-state index contributed by atoms with van der Waals surface area (Å²) in [6, 6.07) is 9.07. The van der Waals surface area contributed by atoms with Gasteiger partial charge in [0.15, 0.2) is 12.3 Å². The highest BCUT2D eigenvalue weighted by Gasteiger charge is 2.14. The molecule has 2 aromatic carbocycles. The van der Waals surface area contributed by atoms with Crippen molar-refractivity contribution >= 4 is 50.0 Å². The number of aryl methyl sites for hydroxylation is 1. The summed E-state index contributed by atoms with van der Waals surface area (Å²) in [6.45, 7) is 5.65. The Labute approximate surface area is 175 Å². The molecule has 3 aromatic rings. The molecule has 0 saturated heterocycles. The summed E-state index contributed by atoms with van der Waals surface area (Å²) in [7, 11) is 0. The molecular formula is C20H19BrClN3O3. The Hall–Kier alpha value is -2.38. The second-order valence-corrected chi connectivity index (χ2v) is 8.01. The highest BCUT2D eigenvalue weighted by atomic mass is 79.9. The minimum atomic E-state index is -0.564. The first-order valence-corrected chi connectivity index (χ1v) is 9.81. The van der Waals surface area contributed by atoms with Gasteiger partial charge in [-0.1, -0.05) is 41.4 Å². The van der Waals surface area contributed by atoms with Crippen LogP contribution in [0.5, 0.6) is 11.6 Å². The van der Waals surface area contributed by atoms with Gasteiger partial charge in [0, 0.05) is 14.9 Å². The number of ether oxygens (including phenoxy) is 1. The molecule has 1 aromatic heterocycles. The first-order valence-electron chi connectivity index (χ1n) is 8.64. The van der Waals surface area contributed by atoms with Crippen molar-refractivity contribution in [2.45, 2.75) is 26.7 Å². The van der Waals surface area contributed by atoms with E-state index in [9.17, 15) is 9.90 Å². The monoisotopic (exact) mass is 463 g/mol. The number of amides is 1.